The fourth-order valence-corrected chi connectivity index (χ4v) is 5.02. The first kappa shape index (κ1) is 22.5. The number of fused-ring (bicyclic) bond motifs is 1. The number of nitrogens with one attached hydrogen (secondary N) is 1. The molecule has 0 unspecified atom stereocenters. The molecule has 0 aliphatic carbocycles. The van der Waals surface area contributed by atoms with Crippen LogP contribution in [-0.4, -0.2) is 40.1 Å². The van der Waals surface area contributed by atoms with E-state index in [4.69, 9.17) is 0 Å². The van der Waals surface area contributed by atoms with Crippen LogP contribution in [0.2, 0.25) is 0 Å². The monoisotopic (exact) mass is 449 g/mol. The molecular weight excluding hydrogens is 418 g/mol. The first-order valence-electron chi connectivity index (χ1n) is 11.4. The van der Waals surface area contributed by atoms with E-state index in [0.717, 1.165) is 53.8 Å². The van der Waals surface area contributed by atoms with Gasteiger partial charge in [-0.15, -0.1) is 11.8 Å². The zero-order valence-electron chi connectivity index (χ0n) is 18.8. The van der Waals surface area contributed by atoms with Crippen LogP contribution in [0.1, 0.15) is 32.3 Å². The van der Waals surface area contributed by atoms with E-state index in [1.807, 2.05) is 58.1 Å². The van der Waals surface area contributed by atoms with Crippen LogP contribution >= 0.6 is 11.8 Å². The lowest BCUT2D eigenvalue weighted by atomic mass is 9.99. The summed E-state index contributed by atoms with van der Waals surface area (Å²) in [6.45, 7) is 6.40. The van der Waals surface area contributed by atoms with Crippen molar-refractivity contribution in [2.45, 2.75) is 44.6 Å². The van der Waals surface area contributed by atoms with Gasteiger partial charge in [0.15, 0.2) is 0 Å². The third-order valence-corrected chi connectivity index (χ3v) is 7.24. The summed E-state index contributed by atoms with van der Waals surface area (Å²) in [6, 6.07) is 16.1. The Morgan fingerprint density at radius 2 is 1.78 bits per heavy atom. The number of aryl methyl sites for hydroxylation is 1. The van der Waals surface area contributed by atoms with Gasteiger partial charge in [-0.3, -0.25) is 9.59 Å². The summed E-state index contributed by atoms with van der Waals surface area (Å²) < 4.78 is 2.03. The number of benzene rings is 2. The van der Waals surface area contributed by atoms with Gasteiger partial charge in [0, 0.05) is 40.8 Å². The Kier molecular flexibility index (Phi) is 7.20. The lowest BCUT2D eigenvalue weighted by Crippen LogP contribution is -2.39. The van der Waals surface area contributed by atoms with Crippen LogP contribution in [0.4, 0.5) is 5.69 Å². The van der Waals surface area contributed by atoms with Crippen molar-refractivity contribution in [1.82, 2.24) is 9.47 Å². The minimum Gasteiger partial charge on any atom is -0.341 e. The number of carbonyl (C=O) groups is 2. The quantitative estimate of drug-likeness (QED) is 0.505. The lowest BCUT2D eigenvalue weighted by Gasteiger charge is -2.30. The molecule has 0 saturated carbocycles. The molecule has 0 spiro atoms. The highest BCUT2D eigenvalue weighted by Gasteiger charge is 2.21. The average molecular weight is 450 g/mol. The summed E-state index contributed by atoms with van der Waals surface area (Å²) in [7, 11) is 0. The highest BCUT2D eigenvalue weighted by Crippen LogP contribution is 2.30. The van der Waals surface area contributed by atoms with Crippen molar-refractivity contribution >= 4 is 40.2 Å². The Balaban J connectivity index is 1.41. The number of carbonyl (C=O) groups excluding carboxylic acids is 2. The Labute approximate surface area is 194 Å². The molecular formula is C26H31N3O2S. The SMILES string of the molecule is CCc1ccc(NC(=O)CSc2cn(CC(=O)N3CCC(C)CC3)c3ccccc23)cc1. The molecule has 1 saturated heterocycles. The number of nitrogens with zero attached hydrogens (tertiary/aromatic N) is 2. The highest BCUT2D eigenvalue weighted by molar-refractivity contribution is 8.00. The average Bonchev–Trinajstić information content (AvgIpc) is 3.16. The summed E-state index contributed by atoms with van der Waals surface area (Å²) in [6.07, 6.45) is 5.15. The van der Waals surface area contributed by atoms with Gasteiger partial charge in [0.25, 0.3) is 0 Å². The fourth-order valence-electron chi connectivity index (χ4n) is 4.13. The second kappa shape index (κ2) is 10.3. The van der Waals surface area contributed by atoms with Gasteiger partial charge in [-0.05, 0) is 48.9 Å². The van der Waals surface area contributed by atoms with Crippen LogP contribution in [0, 0.1) is 5.92 Å². The minimum absolute atomic E-state index is 0.0328. The van der Waals surface area contributed by atoms with E-state index in [1.54, 1.807) is 0 Å². The first-order valence-corrected chi connectivity index (χ1v) is 12.4. The number of rotatable bonds is 7. The Morgan fingerprint density at radius 1 is 1.06 bits per heavy atom. The molecule has 6 heteroatoms. The van der Waals surface area contributed by atoms with Crippen molar-refractivity contribution < 1.29 is 9.59 Å². The Bertz CT molecular complexity index is 1080. The van der Waals surface area contributed by atoms with Crippen LogP contribution in [0.5, 0.6) is 0 Å². The maximum Gasteiger partial charge on any atom is 0.242 e. The molecule has 1 aliphatic rings. The summed E-state index contributed by atoms with van der Waals surface area (Å²) >= 11 is 1.51. The Morgan fingerprint density at radius 3 is 2.50 bits per heavy atom. The topological polar surface area (TPSA) is 54.3 Å². The van der Waals surface area contributed by atoms with Gasteiger partial charge >= 0.3 is 0 Å². The number of aromatic nitrogens is 1. The zero-order chi connectivity index (χ0) is 22.5. The molecule has 3 aromatic rings. The Hall–Kier alpha value is -2.73. The van der Waals surface area contributed by atoms with E-state index in [1.165, 1.54) is 17.3 Å². The van der Waals surface area contributed by atoms with Crippen molar-refractivity contribution in [3.63, 3.8) is 0 Å². The molecule has 4 rings (SSSR count). The van der Waals surface area contributed by atoms with Gasteiger partial charge in [-0.2, -0.15) is 0 Å². The van der Waals surface area contributed by atoms with E-state index in [9.17, 15) is 9.59 Å². The van der Waals surface area contributed by atoms with Gasteiger partial charge in [0.2, 0.25) is 11.8 Å². The van der Waals surface area contributed by atoms with Crippen molar-refractivity contribution in [2.75, 3.05) is 24.2 Å². The highest BCUT2D eigenvalue weighted by atomic mass is 32.2. The van der Waals surface area contributed by atoms with E-state index in [-0.39, 0.29) is 11.8 Å². The molecule has 2 heterocycles. The predicted molar refractivity (Wildman–Crippen MR) is 132 cm³/mol. The molecule has 168 valence electrons. The molecule has 2 amide bonds. The largest absolute Gasteiger partial charge is 0.341 e. The van der Waals surface area contributed by atoms with Crippen molar-refractivity contribution in [1.29, 1.82) is 0 Å². The molecule has 5 nitrogen and oxygen atoms in total. The third-order valence-electron chi connectivity index (χ3n) is 6.20. The molecule has 1 N–H and O–H groups in total. The molecule has 0 bridgehead atoms. The molecule has 1 fully saturated rings. The lowest BCUT2D eigenvalue weighted by molar-refractivity contribution is -0.133. The van der Waals surface area contributed by atoms with Crippen LogP contribution in [-0.2, 0) is 22.6 Å². The second-order valence-electron chi connectivity index (χ2n) is 8.59. The van der Waals surface area contributed by atoms with Gasteiger partial charge in [-0.25, -0.2) is 0 Å². The van der Waals surface area contributed by atoms with Gasteiger partial charge < -0.3 is 14.8 Å². The van der Waals surface area contributed by atoms with E-state index in [0.29, 0.717) is 18.2 Å². The van der Waals surface area contributed by atoms with Crippen molar-refractivity contribution in [3.8, 4) is 0 Å². The van der Waals surface area contributed by atoms with E-state index in [2.05, 4.69) is 25.2 Å². The molecule has 2 aromatic carbocycles. The summed E-state index contributed by atoms with van der Waals surface area (Å²) in [5.41, 5.74) is 3.10. The van der Waals surface area contributed by atoms with Crippen LogP contribution in [0.3, 0.4) is 0 Å². The summed E-state index contributed by atoms with van der Waals surface area (Å²) in [5, 5.41) is 4.05. The maximum absolute atomic E-state index is 12.9. The molecule has 1 aliphatic heterocycles. The van der Waals surface area contributed by atoms with Gasteiger partial charge in [0.1, 0.15) is 6.54 Å². The van der Waals surface area contributed by atoms with Crippen LogP contribution in [0.15, 0.2) is 59.6 Å². The molecule has 1 aromatic heterocycles. The number of hydrogen-bond donors (Lipinski definition) is 1. The van der Waals surface area contributed by atoms with Crippen molar-refractivity contribution in [2.24, 2.45) is 5.92 Å². The van der Waals surface area contributed by atoms with Crippen molar-refractivity contribution in [3.05, 3.63) is 60.3 Å². The van der Waals surface area contributed by atoms with E-state index >= 15 is 0 Å². The van der Waals surface area contributed by atoms with Gasteiger partial charge in [-0.1, -0.05) is 44.2 Å². The predicted octanol–water partition coefficient (Wildman–Crippen LogP) is 5.19. The molecule has 0 atom stereocenters. The second-order valence-corrected chi connectivity index (χ2v) is 9.61. The van der Waals surface area contributed by atoms with Crippen LogP contribution in [0.25, 0.3) is 10.9 Å². The number of para-hydroxylation sites is 1. The van der Waals surface area contributed by atoms with E-state index < -0.39 is 0 Å². The summed E-state index contributed by atoms with van der Waals surface area (Å²) in [5.74, 6) is 1.16. The maximum atomic E-state index is 12.9. The number of likely N-dealkylation sites (tertiary alicyclic amines) is 1. The number of piperidine rings is 1. The number of hydrogen-bond acceptors (Lipinski definition) is 3. The number of thioether (sulfide) groups is 1. The number of amides is 2. The van der Waals surface area contributed by atoms with Crippen LogP contribution < -0.4 is 5.32 Å². The molecule has 32 heavy (non-hydrogen) atoms. The smallest absolute Gasteiger partial charge is 0.242 e. The molecule has 0 radical (unpaired) electrons. The minimum atomic E-state index is -0.0328. The first-order chi connectivity index (χ1) is 15.5. The fraction of sp³-hybridized carbons (Fsp3) is 0.385. The normalized spacial score (nSPS) is 14.6. The zero-order valence-corrected chi connectivity index (χ0v) is 19.7. The standard InChI is InChI=1S/C26H31N3O2S/c1-3-20-8-10-21(11-9-20)27-25(30)18-32-24-16-29(23-7-5-4-6-22(23)24)17-26(31)28-14-12-19(2)13-15-28/h4-11,16,19H,3,12-15,17-18H2,1-2H3,(H,27,30). The third kappa shape index (κ3) is 5.36. The summed E-state index contributed by atoms with van der Waals surface area (Å²) in [4.78, 5) is 28.4. The van der Waals surface area contributed by atoms with Gasteiger partial charge in [0.05, 0.1) is 5.75 Å². The number of anilines is 1.